The fraction of sp³-hybridized carbons (Fsp3) is 0.0769. The third-order valence-electron chi connectivity index (χ3n) is 2.43. The summed E-state index contributed by atoms with van der Waals surface area (Å²) in [5, 5.41) is 12.7. The number of hydrogen-bond donors (Lipinski definition) is 2. The number of anilines is 2. The SMILES string of the molecule is N#Cc1cc(N)cnc1NCc1ccccc1Cl. The second-order valence-corrected chi connectivity index (χ2v) is 4.13. The number of aromatic nitrogens is 1. The van der Waals surface area contributed by atoms with Gasteiger partial charge in [0.1, 0.15) is 11.9 Å². The summed E-state index contributed by atoms with van der Waals surface area (Å²) in [4.78, 5) is 4.09. The molecule has 0 spiro atoms. The van der Waals surface area contributed by atoms with Gasteiger partial charge in [-0.2, -0.15) is 5.26 Å². The van der Waals surface area contributed by atoms with Crippen molar-refractivity contribution in [1.82, 2.24) is 4.98 Å². The second kappa shape index (κ2) is 5.39. The van der Waals surface area contributed by atoms with Crippen molar-refractivity contribution in [3.05, 3.63) is 52.7 Å². The highest BCUT2D eigenvalue weighted by Crippen LogP contribution is 2.18. The highest BCUT2D eigenvalue weighted by molar-refractivity contribution is 6.31. The van der Waals surface area contributed by atoms with Gasteiger partial charge in [-0.3, -0.25) is 0 Å². The van der Waals surface area contributed by atoms with Gasteiger partial charge < -0.3 is 11.1 Å². The van der Waals surface area contributed by atoms with E-state index in [-0.39, 0.29) is 0 Å². The van der Waals surface area contributed by atoms with Crippen molar-refractivity contribution in [2.24, 2.45) is 0 Å². The number of nitrogen functional groups attached to an aromatic ring is 1. The molecule has 1 heterocycles. The quantitative estimate of drug-likeness (QED) is 0.888. The minimum atomic E-state index is 0.419. The number of halogens is 1. The van der Waals surface area contributed by atoms with Crippen LogP contribution in [-0.4, -0.2) is 4.98 Å². The van der Waals surface area contributed by atoms with E-state index >= 15 is 0 Å². The molecule has 0 aliphatic carbocycles. The molecule has 0 atom stereocenters. The van der Waals surface area contributed by atoms with E-state index < -0.39 is 0 Å². The fourth-order valence-electron chi connectivity index (χ4n) is 1.53. The van der Waals surface area contributed by atoms with Crippen LogP contribution in [0.1, 0.15) is 11.1 Å². The van der Waals surface area contributed by atoms with Gasteiger partial charge in [-0.15, -0.1) is 0 Å². The number of benzene rings is 1. The topological polar surface area (TPSA) is 74.7 Å². The molecule has 4 nitrogen and oxygen atoms in total. The van der Waals surface area contributed by atoms with Gasteiger partial charge in [0, 0.05) is 11.6 Å². The molecule has 0 amide bonds. The van der Waals surface area contributed by atoms with Crippen LogP contribution in [0.3, 0.4) is 0 Å². The number of hydrogen-bond acceptors (Lipinski definition) is 4. The first-order valence-corrected chi connectivity index (χ1v) is 5.71. The number of nitriles is 1. The van der Waals surface area contributed by atoms with Crippen molar-refractivity contribution in [2.75, 3.05) is 11.1 Å². The molecule has 5 heteroatoms. The Labute approximate surface area is 110 Å². The van der Waals surface area contributed by atoms with E-state index in [2.05, 4.69) is 10.3 Å². The van der Waals surface area contributed by atoms with Crippen LogP contribution in [0, 0.1) is 11.3 Å². The first-order valence-electron chi connectivity index (χ1n) is 5.33. The maximum Gasteiger partial charge on any atom is 0.144 e. The number of rotatable bonds is 3. The number of nitrogens with zero attached hydrogens (tertiary/aromatic N) is 2. The van der Waals surface area contributed by atoms with Crippen LogP contribution in [0.5, 0.6) is 0 Å². The molecule has 0 fully saturated rings. The van der Waals surface area contributed by atoms with Crippen LogP contribution in [0.4, 0.5) is 11.5 Å². The predicted octanol–water partition coefficient (Wildman–Crippen LogP) is 2.80. The Kier molecular flexibility index (Phi) is 3.66. The molecular weight excluding hydrogens is 248 g/mol. The Hall–Kier alpha value is -2.25. The van der Waals surface area contributed by atoms with Crippen molar-refractivity contribution >= 4 is 23.1 Å². The summed E-state index contributed by atoms with van der Waals surface area (Å²) < 4.78 is 0. The molecule has 0 aliphatic rings. The maximum atomic E-state index is 8.98. The summed E-state index contributed by atoms with van der Waals surface area (Å²) in [6.07, 6.45) is 1.51. The van der Waals surface area contributed by atoms with Gasteiger partial charge in [-0.25, -0.2) is 4.98 Å². The van der Waals surface area contributed by atoms with E-state index in [1.54, 1.807) is 6.07 Å². The zero-order valence-corrected chi connectivity index (χ0v) is 10.3. The molecule has 18 heavy (non-hydrogen) atoms. The molecule has 0 saturated heterocycles. The van der Waals surface area contributed by atoms with Crippen molar-refractivity contribution < 1.29 is 0 Å². The monoisotopic (exact) mass is 258 g/mol. The fourth-order valence-corrected chi connectivity index (χ4v) is 1.73. The van der Waals surface area contributed by atoms with Crippen LogP contribution < -0.4 is 11.1 Å². The standard InChI is InChI=1S/C13H11ClN4/c14-12-4-2-1-3-9(12)7-17-13-10(6-15)5-11(16)8-18-13/h1-5,8H,7,16H2,(H,17,18). The molecule has 0 unspecified atom stereocenters. The van der Waals surface area contributed by atoms with Crippen LogP contribution in [-0.2, 0) is 6.54 Å². The average Bonchev–Trinajstić information content (AvgIpc) is 2.39. The molecule has 0 saturated carbocycles. The Bertz CT molecular complexity index is 604. The zero-order chi connectivity index (χ0) is 13.0. The lowest BCUT2D eigenvalue weighted by atomic mass is 10.2. The molecule has 1 aromatic heterocycles. The van der Waals surface area contributed by atoms with E-state index in [4.69, 9.17) is 22.6 Å². The van der Waals surface area contributed by atoms with Gasteiger partial charge >= 0.3 is 0 Å². The van der Waals surface area contributed by atoms with E-state index in [1.165, 1.54) is 6.20 Å². The van der Waals surface area contributed by atoms with Crippen molar-refractivity contribution in [2.45, 2.75) is 6.54 Å². The summed E-state index contributed by atoms with van der Waals surface area (Å²) >= 11 is 6.04. The smallest absolute Gasteiger partial charge is 0.144 e. The van der Waals surface area contributed by atoms with Crippen LogP contribution in [0.2, 0.25) is 5.02 Å². The molecule has 2 rings (SSSR count). The van der Waals surface area contributed by atoms with E-state index in [0.29, 0.717) is 28.6 Å². The Morgan fingerprint density at radius 3 is 2.89 bits per heavy atom. The number of nitrogens with one attached hydrogen (secondary N) is 1. The Morgan fingerprint density at radius 1 is 1.39 bits per heavy atom. The van der Waals surface area contributed by atoms with Crippen molar-refractivity contribution in [1.29, 1.82) is 5.26 Å². The van der Waals surface area contributed by atoms with E-state index in [0.717, 1.165) is 5.56 Å². The summed E-state index contributed by atoms with van der Waals surface area (Å²) in [5.41, 5.74) is 7.40. The molecule has 2 aromatic rings. The van der Waals surface area contributed by atoms with Crippen molar-refractivity contribution in [3.8, 4) is 6.07 Å². The summed E-state index contributed by atoms with van der Waals surface area (Å²) in [5.74, 6) is 0.506. The summed E-state index contributed by atoms with van der Waals surface area (Å²) in [6.45, 7) is 0.505. The minimum Gasteiger partial charge on any atom is -0.397 e. The molecule has 0 aliphatic heterocycles. The molecule has 3 N–H and O–H groups in total. The summed E-state index contributed by atoms with van der Waals surface area (Å²) in [7, 11) is 0. The Balaban J connectivity index is 2.16. The zero-order valence-electron chi connectivity index (χ0n) is 9.52. The lowest BCUT2D eigenvalue weighted by Gasteiger charge is -2.08. The number of nitrogens with two attached hydrogens (primary N) is 1. The highest BCUT2D eigenvalue weighted by atomic mass is 35.5. The van der Waals surface area contributed by atoms with Crippen LogP contribution in [0.25, 0.3) is 0 Å². The van der Waals surface area contributed by atoms with E-state index in [9.17, 15) is 0 Å². The van der Waals surface area contributed by atoms with Crippen LogP contribution in [0.15, 0.2) is 36.5 Å². The maximum absolute atomic E-state index is 8.98. The average molecular weight is 259 g/mol. The largest absolute Gasteiger partial charge is 0.397 e. The van der Waals surface area contributed by atoms with Gasteiger partial charge in [0.2, 0.25) is 0 Å². The first kappa shape index (κ1) is 12.2. The molecule has 0 radical (unpaired) electrons. The van der Waals surface area contributed by atoms with Gasteiger partial charge in [0.05, 0.1) is 17.4 Å². The van der Waals surface area contributed by atoms with Crippen LogP contribution >= 0.6 is 11.6 Å². The van der Waals surface area contributed by atoms with E-state index in [1.807, 2.05) is 30.3 Å². The molecular formula is C13H11ClN4. The van der Waals surface area contributed by atoms with Gasteiger partial charge in [-0.05, 0) is 17.7 Å². The highest BCUT2D eigenvalue weighted by Gasteiger charge is 2.05. The number of pyridine rings is 1. The molecule has 1 aromatic carbocycles. The molecule has 0 bridgehead atoms. The third-order valence-corrected chi connectivity index (χ3v) is 2.80. The van der Waals surface area contributed by atoms with Gasteiger partial charge in [0.15, 0.2) is 0 Å². The molecule has 90 valence electrons. The van der Waals surface area contributed by atoms with Gasteiger partial charge in [-0.1, -0.05) is 29.8 Å². The normalized spacial score (nSPS) is 9.78. The second-order valence-electron chi connectivity index (χ2n) is 3.72. The summed E-state index contributed by atoms with van der Waals surface area (Å²) in [6, 6.07) is 11.1. The predicted molar refractivity (Wildman–Crippen MR) is 72.1 cm³/mol. The lowest BCUT2D eigenvalue weighted by molar-refractivity contribution is 1.11. The van der Waals surface area contributed by atoms with Crippen molar-refractivity contribution in [3.63, 3.8) is 0 Å². The Morgan fingerprint density at radius 2 is 2.17 bits per heavy atom. The lowest BCUT2D eigenvalue weighted by Crippen LogP contribution is -2.04. The first-order chi connectivity index (χ1) is 8.70. The van der Waals surface area contributed by atoms with Gasteiger partial charge in [0.25, 0.3) is 0 Å². The third kappa shape index (κ3) is 2.70. The minimum absolute atomic E-state index is 0.419.